The number of hydrogen-bond donors (Lipinski definition) is 1. The van der Waals surface area contributed by atoms with E-state index in [4.69, 9.17) is 9.15 Å². The summed E-state index contributed by atoms with van der Waals surface area (Å²) in [5.74, 6) is -0.0372. The minimum atomic E-state index is -0.482. The van der Waals surface area contributed by atoms with Crippen molar-refractivity contribution in [1.82, 2.24) is 0 Å². The number of likely N-dealkylation sites (tertiary alicyclic amines) is 1. The molecule has 0 atom stereocenters. The first-order valence-electron chi connectivity index (χ1n) is 9.95. The molecule has 0 bridgehead atoms. The van der Waals surface area contributed by atoms with Gasteiger partial charge in [0, 0.05) is 18.9 Å². The standard InChI is InChI=1S/C21H24N2O5/c1-14(24)27-15-7-8-18-17(12-15)16-6-5-11-23(20(16)21(26)28-18)19(25)13-22-9-3-2-4-10-22/h7-8,12H,2-6,9-11,13H2,1H3/p+1. The first-order chi connectivity index (χ1) is 13.5. The Morgan fingerprint density at radius 3 is 2.71 bits per heavy atom. The van der Waals surface area contributed by atoms with Gasteiger partial charge in [-0.15, -0.1) is 0 Å². The molecule has 3 heterocycles. The number of hydrogen-bond acceptors (Lipinski definition) is 5. The number of ether oxygens (including phenoxy) is 1. The van der Waals surface area contributed by atoms with Gasteiger partial charge in [0.05, 0.1) is 13.1 Å². The molecule has 7 heteroatoms. The van der Waals surface area contributed by atoms with Crippen LogP contribution in [0.25, 0.3) is 11.0 Å². The van der Waals surface area contributed by atoms with Gasteiger partial charge >= 0.3 is 11.6 Å². The van der Waals surface area contributed by atoms with Gasteiger partial charge in [-0.3, -0.25) is 9.59 Å². The van der Waals surface area contributed by atoms with E-state index in [-0.39, 0.29) is 5.91 Å². The van der Waals surface area contributed by atoms with E-state index in [1.165, 1.54) is 18.2 Å². The fourth-order valence-corrected chi connectivity index (χ4v) is 4.30. The zero-order valence-corrected chi connectivity index (χ0v) is 16.1. The normalized spacial score (nSPS) is 17.4. The van der Waals surface area contributed by atoms with E-state index in [0.717, 1.165) is 43.3 Å². The van der Waals surface area contributed by atoms with Crippen LogP contribution in [0.2, 0.25) is 0 Å². The molecule has 0 saturated carbocycles. The molecule has 4 rings (SSSR count). The summed E-state index contributed by atoms with van der Waals surface area (Å²) in [6.45, 7) is 4.28. The van der Waals surface area contributed by atoms with Crippen LogP contribution in [-0.4, -0.2) is 38.1 Å². The number of fused-ring (bicyclic) bond motifs is 3. The molecule has 1 amide bonds. The van der Waals surface area contributed by atoms with Crippen LogP contribution in [0.1, 0.15) is 38.2 Å². The second-order valence-corrected chi connectivity index (χ2v) is 7.60. The fourth-order valence-electron chi connectivity index (χ4n) is 4.30. The lowest BCUT2D eigenvalue weighted by Crippen LogP contribution is -3.14. The Morgan fingerprint density at radius 2 is 1.96 bits per heavy atom. The first kappa shape index (κ1) is 18.7. The molecule has 148 valence electrons. The molecule has 1 N–H and O–H groups in total. The van der Waals surface area contributed by atoms with Gasteiger partial charge in [-0.25, -0.2) is 4.79 Å². The van der Waals surface area contributed by atoms with Gasteiger partial charge in [0.1, 0.15) is 17.0 Å². The summed E-state index contributed by atoms with van der Waals surface area (Å²) in [7, 11) is 0. The van der Waals surface area contributed by atoms with Crippen molar-refractivity contribution < 1.29 is 23.6 Å². The van der Waals surface area contributed by atoms with Gasteiger partial charge in [-0.1, -0.05) is 0 Å². The largest absolute Gasteiger partial charge is 0.427 e. The zero-order chi connectivity index (χ0) is 19.7. The SMILES string of the molecule is CC(=O)Oc1ccc2oc(=O)c3c(c2c1)CCCN3C(=O)C[NH+]1CCCCC1. The van der Waals surface area contributed by atoms with E-state index in [2.05, 4.69) is 0 Å². The minimum absolute atomic E-state index is 0.0272. The minimum Gasteiger partial charge on any atom is -0.427 e. The maximum Gasteiger partial charge on any atom is 0.360 e. The van der Waals surface area contributed by atoms with E-state index in [1.54, 1.807) is 23.1 Å². The van der Waals surface area contributed by atoms with Crippen molar-refractivity contribution >= 4 is 28.5 Å². The van der Waals surface area contributed by atoms with Crippen LogP contribution in [-0.2, 0) is 16.0 Å². The van der Waals surface area contributed by atoms with Crippen molar-refractivity contribution in [2.24, 2.45) is 0 Å². The van der Waals surface area contributed by atoms with Crippen LogP contribution in [0.3, 0.4) is 0 Å². The highest BCUT2D eigenvalue weighted by molar-refractivity contribution is 5.98. The number of piperidine rings is 1. The Kier molecular flexibility index (Phi) is 5.17. The molecule has 0 radical (unpaired) electrons. The van der Waals surface area contributed by atoms with Crippen molar-refractivity contribution in [3.63, 3.8) is 0 Å². The molecule has 0 aliphatic carbocycles. The first-order valence-corrected chi connectivity index (χ1v) is 9.95. The smallest absolute Gasteiger partial charge is 0.360 e. The van der Waals surface area contributed by atoms with Crippen LogP contribution < -0.4 is 20.2 Å². The van der Waals surface area contributed by atoms with Crippen LogP contribution in [0.5, 0.6) is 5.75 Å². The van der Waals surface area contributed by atoms with Crippen LogP contribution in [0.15, 0.2) is 27.4 Å². The van der Waals surface area contributed by atoms with Gasteiger partial charge in [-0.2, -0.15) is 0 Å². The molecule has 1 fully saturated rings. The lowest BCUT2D eigenvalue weighted by molar-refractivity contribution is -0.896. The second-order valence-electron chi connectivity index (χ2n) is 7.60. The molecule has 2 aliphatic heterocycles. The number of aryl methyl sites for hydroxylation is 1. The second kappa shape index (κ2) is 7.75. The summed E-state index contributed by atoms with van der Waals surface area (Å²) in [5.41, 5.74) is 1.11. The van der Waals surface area contributed by atoms with Crippen molar-refractivity contribution in [3.8, 4) is 5.75 Å². The van der Waals surface area contributed by atoms with Gasteiger partial charge < -0.3 is 19.0 Å². The number of nitrogens with zero attached hydrogens (tertiary/aromatic N) is 1. The number of esters is 1. The third kappa shape index (κ3) is 3.67. The monoisotopic (exact) mass is 385 g/mol. The molecule has 1 aromatic heterocycles. The number of carbonyl (C=O) groups is 2. The van der Waals surface area contributed by atoms with Crippen molar-refractivity contribution in [2.75, 3.05) is 31.1 Å². The van der Waals surface area contributed by atoms with E-state index in [0.29, 0.717) is 36.5 Å². The maximum atomic E-state index is 13.0. The quantitative estimate of drug-likeness (QED) is 0.486. The van der Waals surface area contributed by atoms with E-state index in [9.17, 15) is 14.4 Å². The van der Waals surface area contributed by atoms with Gasteiger partial charge in [0.2, 0.25) is 0 Å². The maximum absolute atomic E-state index is 13.0. The Balaban J connectivity index is 1.70. The third-order valence-electron chi connectivity index (χ3n) is 5.56. The predicted octanol–water partition coefficient (Wildman–Crippen LogP) is 1.07. The molecule has 1 aromatic carbocycles. The summed E-state index contributed by atoms with van der Waals surface area (Å²) in [6.07, 6.45) is 4.98. The van der Waals surface area contributed by atoms with Crippen molar-refractivity contribution in [1.29, 1.82) is 0 Å². The number of anilines is 1. The lowest BCUT2D eigenvalue weighted by atomic mass is 9.98. The average molecular weight is 385 g/mol. The van der Waals surface area contributed by atoms with Crippen molar-refractivity contribution in [2.45, 2.75) is 39.0 Å². The van der Waals surface area contributed by atoms with E-state index in [1.807, 2.05) is 0 Å². The molecule has 1 saturated heterocycles. The van der Waals surface area contributed by atoms with Crippen molar-refractivity contribution in [3.05, 3.63) is 34.2 Å². The highest BCUT2D eigenvalue weighted by Crippen LogP contribution is 2.32. The number of carbonyl (C=O) groups excluding carboxylic acids is 2. The Bertz CT molecular complexity index is 975. The van der Waals surface area contributed by atoms with Gasteiger partial charge in [0.15, 0.2) is 6.54 Å². The molecular formula is C21H25N2O5+. The number of nitrogens with one attached hydrogen (secondary N) is 1. The molecule has 7 nitrogen and oxygen atoms in total. The number of quaternary nitrogens is 1. The number of amides is 1. The Labute approximate surface area is 162 Å². The Hall–Kier alpha value is -2.67. The van der Waals surface area contributed by atoms with Gasteiger partial charge in [-0.05, 0) is 55.9 Å². The number of benzene rings is 1. The molecule has 28 heavy (non-hydrogen) atoms. The predicted molar refractivity (Wildman–Crippen MR) is 104 cm³/mol. The molecule has 0 unspecified atom stereocenters. The topological polar surface area (TPSA) is 81.3 Å². The van der Waals surface area contributed by atoms with E-state index >= 15 is 0 Å². The Morgan fingerprint density at radius 1 is 1.18 bits per heavy atom. The summed E-state index contributed by atoms with van der Waals surface area (Å²) < 4.78 is 10.7. The van der Waals surface area contributed by atoms with Crippen LogP contribution >= 0.6 is 0 Å². The molecule has 0 spiro atoms. The van der Waals surface area contributed by atoms with Crippen LogP contribution in [0.4, 0.5) is 5.69 Å². The zero-order valence-electron chi connectivity index (χ0n) is 16.1. The van der Waals surface area contributed by atoms with E-state index < -0.39 is 11.6 Å². The third-order valence-corrected chi connectivity index (χ3v) is 5.56. The average Bonchev–Trinajstić information content (AvgIpc) is 2.68. The molecular weight excluding hydrogens is 360 g/mol. The summed E-state index contributed by atoms with van der Waals surface area (Å²) >= 11 is 0. The lowest BCUT2D eigenvalue weighted by Gasteiger charge is -2.30. The highest BCUT2D eigenvalue weighted by Gasteiger charge is 2.31. The summed E-state index contributed by atoms with van der Waals surface area (Å²) in [5, 5.41) is 0.719. The summed E-state index contributed by atoms with van der Waals surface area (Å²) in [6, 6.07) is 4.95. The van der Waals surface area contributed by atoms with Crippen LogP contribution in [0, 0.1) is 0 Å². The summed E-state index contributed by atoms with van der Waals surface area (Å²) in [4.78, 5) is 39.8. The number of rotatable bonds is 3. The highest BCUT2D eigenvalue weighted by atomic mass is 16.5. The fraction of sp³-hybridized carbons (Fsp3) is 0.476. The molecule has 2 aromatic rings. The van der Waals surface area contributed by atoms with Gasteiger partial charge in [0.25, 0.3) is 5.91 Å². The molecule has 2 aliphatic rings.